The van der Waals surface area contributed by atoms with Crippen LogP contribution in [-0.2, 0) is 57.5 Å². The van der Waals surface area contributed by atoms with Crippen molar-refractivity contribution in [2.45, 2.75) is 179 Å². The second-order valence-electron chi connectivity index (χ2n) is 19.1. The number of aliphatic hydroxyl groups excluding tert-OH is 2. The first-order valence-corrected chi connectivity index (χ1v) is 24.2. The number of carbonyl (C=O) groups excluding carboxylic acids is 10. The van der Waals surface area contributed by atoms with Gasteiger partial charge in [-0.15, -0.1) is 0 Å². The normalized spacial score (nSPS) is 19.7. The van der Waals surface area contributed by atoms with Crippen LogP contribution in [-0.4, -0.2) is 158 Å². The van der Waals surface area contributed by atoms with E-state index >= 15 is 0 Å². The Bertz CT molecular complexity index is 1890. The summed E-state index contributed by atoms with van der Waals surface area (Å²) in [6, 6.07) is -5.73. The van der Waals surface area contributed by atoms with Gasteiger partial charge in [0.2, 0.25) is 29.5 Å². The number of carbonyl (C=O) groups is 12. The van der Waals surface area contributed by atoms with Gasteiger partial charge in [-0.1, -0.05) is 20.3 Å². The molecule has 0 aromatic heterocycles. The Balaban J connectivity index is 2.10. The van der Waals surface area contributed by atoms with Crippen LogP contribution in [0, 0.1) is 23.7 Å². The second kappa shape index (κ2) is 30.3. The maximum absolute atomic E-state index is 13.8. The summed E-state index contributed by atoms with van der Waals surface area (Å²) in [5.41, 5.74) is 10.8. The minimum atomic E-state index is -1.70. The molecule has 5 amide bonds. The van der Waals surface area contributed by atoms with E-state index in [1.54, 1.807) is 13.8 Å². The number of carboxylic acids is 2. The zero-order valence-electron chi connectivity index (χ0n) is 40.8. The van der Waals surface area contributed by atoms with E-state index in [-0.39, 0.29) is 94.8 Å². The average molecular weight is 994 g/mol. The number of primary amides is 1. The number of unbranched alkanes of at least 4 members (excludes halogenated alkanes) is 1. The lowest BCUT2D eigenvalue weighted by atomic mass is 9.88. The molecule has 1 unspecified atom stereocenters. The number of ketones is 5. The Morgan fingerprint density at radius 3 is 1.94 bits per heavy atom. The number of amides is 5. The van der Waals surface area contributed by atoms with E-state index in [2.05, 4.69) is 21.3 Å². The molecule has 2 aliphatic heterocycles. The van der Waals surface area contributed by atoms with E-state index in [0.29, 0.717) is 32.2 Å². The zero-order chi connectivity index (χ0) is 52.8. The molecule has 2 rings (SSSR count). The predicted octanol–water partition coefficient (Wildman–Crippen LogP) is -1.02. The molecular formula is C47H75N7O16. The van der Waals surface area contributed by atoms with Crippen molar-refractivity contribution in [1.82, 2.24) is 26.2 Å². The number of aliphatic carboxylic acids is 2. The summed E-state index contributed by atoms with van der Waals surface area (Å²) in [7, 11) is 0. The summed E-state index contributed by atoms with van der Waals surface area (Å²) in [5.74, 6) is -13.3. The number of nitrogens with one attached hydrogen (secondary N) is 4. The van der Waals surface area contributed by atoms with Crippen molar-refractivity contribution in [3.05, 3.63) is 0 Å². The fourth-order valence-corrected chi connectivity index (χ4v) is 8.69. The topological polar surface area (TPSA) is 389 Å². The molecule has 70 heavy (non-hydrogen) atoms. The van der Waals surface area contributed by atoms with Gasteiger partial charge in [-0.05, 0) is 71.3 Å². The summed E-state index contributed by atoms with van der Waals surface area (Å²) in [4.78, 5) is 156. The third-order valence-corrected chi connectivity index (χ3v) is 12.6. The monoisotopic (exact) mass is 994 g/mol. The van der Waals surface area contributed by atoms with Crippen LogP contribution in [0.4, 0.5) is 0 Å². The maximum Gasteiger partial charge on any atom is 0.306 e. The first-order valence-electron chi connectivity index (χ1n) is 24.2. The minimum Gasteiger partial charge on any atom is -0.481 e. The first-order chi connectivity index (χ1) is 32.8. The molecule has 0 saturated carbocycles. The summed E-state index contributed by atoms with van der Waals surface area (Å²) in [6.07, 6.45) is -4.14. The number of rotatable bonds is 35. The molecule has 394 valence electrons. The number of nitrogens with two attached hydrogens (primary N) is 2. The summed E-state index contributed by atoms with van der Waals surface area (Å²) >= 11 is 0. The number of β-amino-alcohol motifs (C(OH)–C–C–N with tert-alkyl or cyclic N) is 1. The lowest BCUT2D eigenvalue weighted by Gasteiger charge is -2.27. The molecule has 12 N–H and O–H groups in total. The van der Waals surface area contributed by atoms with Gasteiger partial charge >= 0.3 is 11.9 Å². The highest BCUT2D eigenvalue weighted by Gasteiger charge is 2.38. The van der Waals surface area contributed by atoms with Crippen molar-refractivity contribution in [2.24, 2.45) is 35.1 Å². The van der Waals surface area contributed by atoms with Crippen molar-refractivity contribution >= 4 is 70.4 Å². The van der Waals surface area contributed by atoms with E-state index in [9.17, 15) is 78.0 Å². The van der Waals surface area contributed by atoms with Crippen LogP contribution in [0.15, 0.2) is 0 Å². The van der Waals surface area contributed by atoms with Crippen LogP contribution in [0.2, 0.25) is 0 Å². The molecular weight excluding hydrogens is 919 g/mol. The molecule has 2 fully saturated rings. The highest BCUT2D eigenvalue weighted by atomic mass is 16.4. The quantitative estimate of drug-likeness (QED) is 0.0340. The molecule has 10 atom stereocenters. The SMILES string of the molecule is CC(C)C[C@H](CC(=O)[C@@H](NC(=O)[C@H](CC(=O)O)CC(=O)[C@H](CCC(N)=O)NC(=O)CCC(=O)[C@@H]1C[C@@H](O)CN1)C(C)O)C(=O)N[C@@H](C)C(=O)CCC(=O)N1CCC[C@H]1C(=O)C[C@@H](CCCCN)C(=O)O. The largest absolute Gasteiger partial charge is 0.481 e. The zero-order valence-corrected chi connectivity index (χ0v) is 40.8. The van der Waals surface area contributed by atoms with Crippen LogP contribution in [0.3, 0.4) is 0 Å². The highest BCUT2D eigenvalue weighted by Crippen LogP contribution is 2.25. The standard InChI is InChI=1S/C47H75N7O16/c1-25(2)18-29(45(67)51-26(3)35(57)12-15-42(64)54-17-7-9-34(54)38(60)19-28(47(69)70)8-5-6-16-48)21-39(61)44(27(4)55)53-46(68)30(22-43(65)66)20-37(59)32(10-13-40(49)62)52-41(63)14-11-36(58)33-23-31(56)24-50-33/h25-34,44,50,55-56H,5-24,48H2,1-4H3,(H2,49,62)(H,51,67)(H,52,63)(H,53,68)(H,65,66)(H,69,70)/t26-,27?,28+,29+,30-,31+,32-,33-,34-,44-/m0/s1. The molecule has 0 aromatic carbocycles. The van der Waals surface area contributed by atoms with Gasteiger partial charge in [0, 0.05) is 70.4 Å². The van der Waals surface area contributed by atoms with Crippen LogP contribution >= 0.6 is 0 Å². The van der Waals surface area contributed by atoms with Gasteiger partial charge in [0.25, 0.3) is 0 Å². The number of likely N-dealkylation sites (tertiary alicyclic amines) is 1. The summed E-state index contributed by atoms with van der Waals surface area (Å²) < 4.78 is 0. The van der Waals surface area contributed by atoms with Crippen molar-refractivity contribution in [3.8, 4) is 0 Å². The molecule has 0 aliphatic carbocycles. The molecule has 23 heteroatoms. The average Bonchev–Trinajstić information content (AvgIpc) is 3.96. The summed E-state index contributed by atoms with van der Waals surface area (Å²) in [6.45, 7) is 6.96. The molecule has 2 heterocycles. The van der Waals surface area contributed by atoms with Crippen molar-refractivity contribution in [1.29, 1.82) is 0 Å². The fraction of sp³-hybridized carbons (Fsp3) is 0.745. The number of aliphatic hydroxyl groups is 2. The lowest BCUT2D eigenvalue weighted by molar-refractivity contribution is -0.145. The maximum atomic E-state index is 13.8. The molecule has 23 nitrogen and oxygen atoms in total. The molecule has 0 radical (unpaired) electrons. The van der Waals surface area contributed by atoms with E-state index in [1.165, 1.54) is 18.7 Å². The van der Waals surface area contributed by atoms with E-state index < -0.39 is 138 Å². The molecule has 0 aromatic rings. The molecule has 0 spiro atoms. The second-order valence-corrected chi connectivity index (χ2v) is 19.1. The van der Waals surface area contributed by atoms with E-state index in [1.807, 2.05) is 0 Å². The van der Waals surface area contributed by atoms with E-state index in [4.69, 9.17) is 11.5 Å². The smallest absolute Gasteiger partial charge is 0.306 e. The Morgan fingerprint density at radius 2 is 1.37 bits per heavy atom. The van der Waals surface area contributed by atoms with Gasteiger partial charge in [0.1, 0.15) is 11.8 Å². The van der Waals surface area contributed by atoms with Gasteiger partial charge in [-0.2, -0.15) is 0 Å². The van der Waals surface area contributed by atoms with Crippen molar-refractivity contribution in [3.63, 3.8) is 0 Å². The van der Waals surface area contributed by atoms with E-state index in [0.717, 1.165) is 0 Å². The van der Waals surface area contributed by atoms with Crippen LogP contribution in [0.25, 0.3) is 0 Å². The Labute approximate surface area is 407 Å². The number of hydrogen-bond acceptors (Lipinski definition) is 16. The summed E-state index contributed by atoms with van der Waals surface area (Å²) in [5, 5.41) is 49.8. The lowest BCUT2D eigenvalue weighted by Crippen LogP contribution is -2.52. The first kappa shape index (κ1) is 60.6. The highest BCUT2D eigenvalue weighted by molar-refractivity contribution is 5.98. The number of nitrogens with zero attached hydrogens (tertiary/aromatic N) is 1. The number of hydrogen-bond donors (Lipinski definition) is 10. The Morgan fingerprint density at radius 1 is 0.714 bits per heavy atom. The minimum absolute atomic E-state index is 0.112. The van der Waals surface area contributed by atoms with Crippen molar-refractivity contribution in [2.75, 3.05) is 19.6 Å². The van der Waals surface area contributed by atoms with Crippen LogP contribution in [0.5, 0.6) is 0 Å². The Kier molecular flexibility index (Phi) is 26.2. The fourth-order valence-electron chi connectivity index (χ4n) is 8.69. The molecule has 2 saturated heterocycles. The third kappa shape index (κ3) is 21.2. The molecule has 2 aliphatic rings. The molecule has 0 bridgehead atoms. The van der Waals surface area contributed by atoms with Crippen LogP contribution < -0.4 is 32.7 Å². The van der Waals surface area contributed by atoms with Gasteiger partial charge in [-0.25, -0.2) is 0 Å². The van der Waals surface area contributed by atoms with Gasteiger partial charge in [0.05, 0.1) is 54.6 Å². The third-order valence-electron chi connectivity index (χ3n) is 12.6. The van der Waals surface area contributed by atoms with Gasteiger partial charge in [0.15, 0.2) is 23.1 Å². The van der Waals surface area contributed by atoms with Crippen LogP contribution in [0.1, 0.15) is 137 Å². The van der Waals surface area contributed by atoms with Crippen molar-refractivity contribution < 1.29 is 78.0 Å². The van der Waals surface area contributed by atoms with Gasteiger partial charge in [-0.3, -0.25) is 57.5 Å². The number of Topliss-reactive ketones (excluding diaryl/α,β-unsaturated/α-hetero) is 5. The number of carboxylic acid groups (broad SMARTS) is 2. The Hall–Kier alpha value is -5.52. The van der Waals surface area contributed by atoms with Gasteiger partial charge < -0.3 is 58.1 Å². The predicted molar refractivity (Wildman–Crippen MR) is 249 cm³/mol.